The third-order valence-corrected chi connectivity index (χ3v) is 2.68. The van der Waals surface area contributed by atoms with Gasteiger partial charge in [0.2, 0.25) is 0 Å². The van der Waals surface area contributed by atoms with Gasteiger partial charge in [0.15, 0.2) is 6.20 Å². The molecule has 1 fully saturated rings. The SMILES string of the molecule is CC1CC(Nc2ccc([N+](=O)[O-])nc2)C1. The van der Waals surface area contributed by atoms with Crippen molar-refractivity contribution in [2.45, 2.75) is 25.8 Å². The molecule has 0 aromatic carbocycles. The summed E-state index contributed by atoms with van der Waals surface area (Å²) in [6.07, 6.45) is 3.84. The van der Waals surface area contributed by atoms with Crippen LogP contribution in [0.2, 0.25) is 0 Å². The lowest BCUT2D eigenvalue weighted by Crippen LogP contribution is -2.33. The molecule has 1 saturated carbocycles. The molecule has 1 aliphatic rings. The summed E-state index contributed by atoms with van der Waals surface area (Å²) in [7, 11) is 0. The largest absolute Gasteiger partial charge is 0.379 e. The minimum Gasteiger partial charge on any atom is -0.379 e. The molecule has 0 unspecified atom stereocenters. The number of rotatable bonds is 3. The number of nitrogens with one attached hydrogen (secondary N) is 1. The third kappa shape index (κ3) is 2.23. The van der Waals surface area contributed by atoms with E-state index in [1.54, 1.807) is 6.07 Å². The molecule has 0 spiro atoms. The molecule has 80 valence electrons. The summed E-state index contributed by atoms with van der Waals surface area (Å²) in [5.74, 6) is 0.677. The number of pyridine rings is 1. The molecule has 0 amide bonds. The number of hydrogen-bond donors (Lipinski definition) is 1. The average molecular weight is 207 g/mol. The van der Waals surface area contributed by atoms with Gasteiger partial charge in [0, 0.05) is 12.1 Å². The summed E-state index contributed by atoms with van der Waals surface area (Å²) >= 11 is 0. The zero-order chi connectivity index (χ0) is 10.8. The predicted molar refractivity (Wildman–Crippen MR) is 56.7 cm³/mol. The van der Waals surface area contributed by atoms with Crippen LogP contribution in [0.25, 0.3) is 0 Å². The van der Waals surface area contributed by atoms with Gasteiger partial charge < -0.3 is 15.4 Å². The Morgan fingerprint density at radius 1 is 1.53 bits per heavy atom. The molecule has 15 heavy (non-hydrogen) atoms. The number of nitrogens with zero attached hydrogens (tertiary/aromatic N) is 2. The van der Waals surface area contributed by atoms with Crippen LogP contribution < -0.4 is 5.32 Å². The molecule has 0 radical (unpaired) electrons. The van der Waals surface area contributed by atoms with Crippen molar-refractivity contribution in [1.82, 2.24) is 4.98 Å². The highest BCUT2D eigenvalue weighted by atomic mass is 16.6. The highest BCUT2D eigenvalue weighted by molar-refractivity contribution is 5.44. The van der Waals surface area contributed by atoms with Crippen LogP contribution in [0.15, 0.2) is 18.3 Å². The third-order valence-electron chi connectivity index (χ3n) is 2.68. The topological polar surface area (TPSA) is 68.1 Å². The molecule has 0 atom stereocenters. The molecule has 0 bridgehead atoms. The molecule has 5 nitrogen and oxygen atoms in total. The van der Waals surface area contributed by atoms with Crippen LogP contribution in [-0.4, -0.2) is 15.9 Å². The highest BCUT2D eigenvalue weighted by Gasteiger charge is 2.25. The fraction of sp³-hybridized carbons (Fsp3) is 0.500. The van der Waals surface area contributed by atoms with Gasteiger partial charge in [0.1, 0.15) is 0 Å². The Kier molecular flexibility index (Phi) is 2.53. The van der Waals surface area contributed by atoms with Gasteiger partial charge in [-0.1, -0.05) is 6.92 Å². The van der Waals surface area contributed by atoms with E-state index in [4.69, 9.17) is 0 Å². The van der Waals surface area contributed by atoms with Crippen LogP contribution in [0, 0.1) is 16.0 Å². The smallest absolute Gasteiger partial charge is 0.363 e. The Morgan fingerprint density at radius 2 is 2.27 bits per heavy atom. The van der Waals surface area contributed by atoms with Crippen molar-refractivity contribution in [1.29, 1.82) is 0 Å². The first kappa shape index (κ1) is 9.89. The van der Waals surface area contributed by atoms with E-state index < -0.39 is 4.92 Å². The Morgan fingerprint density at radius 3 is 2.73 bits per heavy atom. The van der Waals surface area contributed by atoms with Crippen LogP contribution in [0.5, 0.6) is 0 Å². The fourth-order valence-corrected chi connectivity index (χ4v) is 1.84. The van der Waals surface area contributed by atoms with Gasteiger partial charge in [-0.2, -0.15) is 0 Å². The van der Waals surface area contributed by atoms with E-state index in [1.165, 1.54) is 12.3 Å². The first-order chi connectivity index (χ1) is 7.15. The molecule has 1 aromatic heterocycles. The van der Waals surface area contributed by atoms with Crippen LogP contribution in [0.3, 0.4) is 0 Å². The lowest BCUT2D eigenvalue weighted by molar-refractivity contribution is -0.389. The van der Waals surface area contributed by atoms with Crippen LogP contribution in [-0.2, 0) is 0 Å². The normalized spacial score (nSPS) is 24.3. The van der Waals surface area contributed by atoms with E-state index in [0.717, 1.165) is 24.4 Å². The highest BCUT2D eigenvalue weighted by Crippen LogP contribution is 2.29. The van der Waals surface area contributed by atoms with Crippen molar-refractivity contribution in [2.24, 2.45) is 5.92 Å². The number of aromatic nitrogens is 1. The standard InChI is InChI=1S/C10H13N3O2/c1-7-4-9(5-7)12-8-2-3-10(11-6-8)13(14)15/h2-3,6-7,9,12H,4-5H2,1H3. The second-order valence-corrected chi connectivity index (χ2v) is 4.08. The fourth-order valence-electron chi connectivity index (χ4n) is 1.84. The van der Waals surface area contributed by atoms with E-state index in [-0.39, 0.29) is 5.82 Å². The zero-order valence-corrected chi connectivity index (χ0v) is 8.51. The molecule has 5 heteroatoms. The Labute approximate surface area is 87.7 Å². The van der Waals surface area contributed by atoms with E-state index in [0.29, 0.717) is 6.04 Å². The lowest BCUT2D eigenvalue weighted by atomic mass is 9.82. The average Bonchev–Trinajstić information content (AvgIpc) is 2.16. The van der Waals surface area contributed by atoms with Crippen molar-refractivity contribution in [3.05, 3.63) is 28.4 Å². The Hall–Kier alpha value is -1.65. The molecule has 1 heterocycles. The summed E-state index contributed by atoms with van der Waals surface area (Å²) in [4.78, 5) is 13.6. The van der Waals surface area contributed by atoms with Gasteiger partial charge in [-0.3, -0.25) is 0 Å². The van der Waals surface area contributed by atoms with Crippen molar-refractivity contribution in [3.63, 3.8) is 0 Å². The van der Waals surface area contributed by atoms with Gasteiger partial charge >= 0.3 is 5.82 Å². The molecule has 1 N–H and O–H groups in total. The zero-order valence-electron chi connectivity index (χ0n) is 8.51. The Balaban J connectivity index is 1.95. The van der Waals surface area contributed by atoms with Gasteiger partial charge in [0.05, 0.1) is 5.69 Å². The first-order valence-corrected chi connectivity index (χ1v) is 5.02. The monoisotopic (exact) mass is 207 g/mol. The predicted octanol–water partition coefficient (Wildman–Crippen LogP) is 2.20. The first-order valence-electron chi connectivity index (χ1n) is 5.02. The van der Waals surface area contributed by atoms with Gasteiger partial charge in [-0.15, -0.1) is 0 Å². The maximum Gasteiger partial charge on any atom is 0.363 e. The summed E-state index contributed by atoms with van der Waals surface area (Å²) in [6.45, 7) is 2.21. The molecule has 1 aromatic rings. The van der Waals surface area contributed by atoms with Crippen LogP contribution in [0.1, 0.15) is 19.8 Å². The van der Waals surface area contributed by atoms with E-state index in [9.17, 15) is 10.1 Å². The maximum absolute atomic E-state index is 10.4. The molecule has 0 saturated heterocycles. The van der Waals surface area contributed by atoms with Crippen LogP contribution in [0.4, 0.5) is 11.5 Å². The van der Waals surface area contributed by atoms with E-state index >= 15 is 0 Å². The second kappa shape index (κ2) is 3.84. The molecular formula is C10H13N3O2. The van der Waals surface area contributed by atoms with Crippen molar-refractivity contribution in [2.75, 3.05) is 5.32 Å². The summed E-state index contributed by atoms with van der Waals surface area (Å²) in [5, 5.41) is 13.7. The minimum absolute atomic E-state index is 0.109. The molecule has 0 aliphatic heterocycles. The summed E-state index contributed by atoms with van der Waals surface area (Å²) < 4.78 is 0. The van der Waals surface area contributed by atoms with E-state index in [1.807, 2.05) is 0 Å². The van der Waals surface area contributed by atoms with Crippen molar-refractivity contribution in [3.8, 4) is 0 Å². The number of hydrogen-bond acceptors (Lipinski definition) is 4. The van der Waals surface area contributed by atoms with Gasteiger partial charge in [0.25, 0.3) is 0 Å². The molecule has 2 rings (SSSR count). The van der Waals surface area contributed by atoms with Crippen molar-refractivity contribution < 1.29 is 4.92 Å². The maximum atomic E-state index is 10.4. The van der Waals surface area contributed by atoms with Crippen molar-refractivity contribution >= 4 is 11.5 Å². The van der Waals surface area contributed by atoms with Crippen LogP contribution >= 0.6 is 0 Å². The number of nitro groups is 1. The molecular weight excluding hydrogens is 194 g/mol. The van der Waals surface area contributed by atoms with Gasteiger partial charge in [-0.25, -0.2) is 0 Å². The summed E-state index contributed by atoms with van der Waals surface area (Å²) in [6, 6.07) is 3.63. The lowest BCUT2D eigenvalue weighted by Gasteiger charge is -2.33. The quantitative estimate of drug-likeness (QED) is 0.609. The molecule has 1 aliphatic carbocycles. The Bertz CT molecular complexity index is 357. The second-order valence-electron chi connectivity index (χ2n) is 4.08. The minimum atomic E-state index is -0.491. The van der Waals surface area contributed by atoms with Gasteiger partial charge in [-0.05, 0) is 34.7 Å². The number of anilines is 1. The summed E-state index contributed by atoms with van der Waals surface area (Å²) in [5.41, 5.74) is 0.859. The van der Waals surface area contributed by atoms with E-state index in [2.05, 4.69) is 17.2 Å².